The summed E-state index contributed by atoms with van der Waals surface area (Å²) in [5.74, 6) is -3.55. The maximum atomic E-state index is 13.6. The van der Waals surface area contributed by atoms with Crippen LogP contribution in [0.3, 0.4) is 0 Å². The van der Waals surface area contributed by atoms with Crippen LogP contribution in [0.5, 0.6) is 5.75 Å². The highest BCUT2D eigenvalue weighted by Gasteiger charge is 2.39. The van der Waals surface area contributed by atoms with Gasteiger partial charge in [-0.2, -0.15) is 13.2 Å². The molecule has 1 fully saturated rings. The molecular formula is C26H27ClF5N3O5. The lowest BCUT2D eigenvalue weighted by atomic mass is 9.97. The van der Waals surface area contributed by atoms with Gasteiger partial charge in [-0.05, 0) is 63.9 Å². The molecule has 0 bridgehead atoms. The number of halogens is 6. The third-order valence-corrected chi connectivity index (χ3v) is 5.98. The van der Waals surface area contributed by atoms with Crippen LogP contribution in [0.2, 0.25) is 5.02 Å². The normalized spacial score (nSPS) is 17.7. The topological polar surface area (TPSA) is 97.0 Å². The molecule has 0 radical (unpaired) electrons. The molecule has 0 saturated carbocycles. The molecule has 1 heterocycles. The van der Waals surface area contributed by atoms with Crippen molar-refractivity contribution in [1.29, 1.82) is 0 Å². The number of ether oxygens (including phenoxy) is 2. The molecule has 40 heavy (non-hydrogen) atoms. The summed E-state index contributed by atoms with van der Waals surface area (Å²) in [5, 5.41) is 4.86. The monoisotopic (exact) mass is 591 g/mol. The van der Waals surface area contributed by atoms with Crippen LogP contribution in [0.1, 0.15) is 39.2 Å². The number of hydrogen-bond donors (Lipinski definition) is 2. The van der Waals surface area contributed by atoms with Crippen LogP contribution in [0.25, 0.3) is 0 Å². The smallest absolute Gasteiger partial charge is 0.419 e. The van der Waals surface area contributed by atoms with Crippen molar-refractivity contribution in [1.82, 2.24) is 10.2 Å². The van der Waals surface area contributed by atoms with Gasteiger partial charge in [0.25, 0.3) is 5.91 Å². The second-order valence-electron chi connectivity index (χ2n) is 10.0. The molecular weight excluding hydrogens is 565 g/mol. The van der Waals surface area contributed by atoms with Crippen LogP contribution in [-0.4, -0.2) is 53.6 Å². The average Bonchev–Trinajstić information content (AvgIpc) is 2.84. The average molecular weight is 592 g/mol. The number of amides is 3. The van der Waals surface area contributed by atoms with Crippen molar-refractivity contribution in [3.63, 3.8) is 0 Å². The molecule has 2 atom stereocenters. The van der Waals surface area contributed by atoms with Gasteiger partial charge in [0.2, 0.25) is 5.91 Å². The molecule has 1 aliphatic rings. The molecule has 0 aromatic heterocycles. The summed E-state index contributed by atoms with van der Waals surface area (Å²) in [5.41, 5.74) is -2.80. The standard InChI is InChI=1S/C26H27ClF5N3O5/c1-25(2,3)40-24(38)35-12-15(33-22(36)13-39-16-6-7-18(27)20(29)11-16)5-9-21(35)23(37)34-14-4-8-19(28)17(10-14)26(30,31)32/h4,6-8,10-11,15,21H,5,9,12-13H2,1-3H3,(H,33,36)(H,34,37). The molecule has 8 nitrogen and oxygen atoms in total. The van der Waals surface area contributed by atoms with E-state index in [1.54, 1.807) is 20.8 Å². The zero-order chi connectivity index (χ0) is 29.8. The minimum absolute atomic E-state index is 0.0204. The molecule has 2 unspecified atom stereocenters. The second kappa shape index (κ2) is 12.3. The van der Waals surface area contributed by atoms with Crippen LogP contribution in [0, 0.1) is 11.6 Å². The van der Waals surface area contributed by atoms with E-state index in [0.29, 0.717) is 12.1 Å². The van der Waals surface area contributed by atoms with E-state index in [2.05, 4.69) is 10.6 Å². The van der Waals surface area contributed by atoms with E-state index in [-0.39, 0.29) is 35.8 Å². The molecule has 1 saturated heterocycles. The first kappa shape index (κ1) is 30.9. The summed E-state index contributed by atoms with van der Waals surface area (Å²) >= 11 is 5.62. The van der Waals surface area contributed by atoms with Gasteiger partial charge in [0, 0.05) is 24.3 Å². The summed E-state index contributed by atoms with van der Waals surface area (Å²) in [6, 6.07) is 3.89. The fraction of sp³-hybridized carbons (Fsp3) is 0.423. The molecule has 2 aromatic rings. The van der Waals surface area contributed by atoms with Crippen LogP contribution in [0.4, 0.5) is 32.4 Å². The highest BCUT2D eigenvalue weighted by atomic mass is 35.5. The van der Waals surface area contributed by atoms with Gasteiger partial charge in [-0.3, -0.25) is 14.5 Å². The number of nitrogens with zero attached hydrogens (tertiary/aromatic N) is 1. The maximum Gasteiger partial charge on any atom is 0.419 e. The SMILES string of the molecule is CC(C)(C)OC(=O)N1CC(NC(=O)COc2ccc(Cl)c(F)c2)CCC1C(=O)Nc1ccc(F)c(C(F)(F)F)c1. The van der Waals surface area contributed by atoms with E-state index < -0.39 is 65.6 Å². The van der Waals surface area contributed by atoms with Crippen molar-refractivity contribution in [2.45, 2.75) is 57.5 Å². The van der Waals surface area contributed by atoms with Crippen LogP contribution in [0.15, 0.2) is 36.4 Å². The van der Waals surface area contributed by atoms with E-state index >= 15 is 0 Å². The number of carbonyl (C=O) groups is 3. The van der Waals surface area contributed by atoms with Gasteiger partial charge in [-0.1, -0.05) is 11.6 Å². The van der Waals surface area contributed by atoms with Gasteiger partial charge in [0.15, 0.2) is 6.61 Å². The molecule has 218 valence electrons. The van der Waals surface area contributed by atoms with Gasteiger partial charge in [0.05, 0.1) is 10.6 Å². The van der Waals surface area contributed by atoms with Gasteiger partial charge in [-0.15, -0.1) is 0 Å². The van der Waals surface area contributed by atoms with E-state index in [1.807, 2.05) is 0 Å². The fourth-order valence-electron chi connectivity index (χ4n) is 3.91. The van der Waals surface area contributed by atoms with Crippen molar-refractivity contribution >= 4 is 35.2 Å². The van der Waals surface area contributed by atoms with E-state index in [9.17, 15) is 36.3 Å². The van der Waals surface area contributed by atoms with Crippen molar-refractivity contribution in [2.24, 2.45) is 0 Å². The summed E-state index contributed by atoms with van der Waals surface area (Å²) < 4.78 is 77.2. The minimum Gasteiger partial charge on any atom is -0.484 e. The molecule has 3 amide bonds. The number of anilines is 1. The Morgan fingerprint density at radius 1 is 1.02 bits per heavy atom. The van der Waals surface area contributed by atoms with E-state index in [0.717, 1.165) is 17.0 Å². The first-order chi connectivity index (χ1) is 18.5. The minimum atomic E-state index is -4.98. The Morgan fingerprint density at radius 3 is 2.35 bits per heavy atom. The third kappa shape index (κ3) is 8.44. The quantitative estimate of drug-likeness (QED) is 0.430. The maximum absolute atomic E-state index is 13.6. The van der Waals surface area contributed by atoms with Crippen molar-refractivity contribution < 1.29 is 45.8 Å². The molecule has 3 rings (SSSR count). The highest BCUT2D eigenvalue weighted by Crippen LogP contribution is 2.33. The molecule has 1 aliphatic heterocycles. The van der Waals surface area contributed by atoms with Crippen LogP contribution < -0.4 is 15.4 Å². The van der Waals surface area contributed by atoms with Gasteiger partial charge in [-0.25, -0.2) is 13.6 Å². The van der Waals surface area contributed by atoms with Gasteiger partial charge >= 0.3 is 12.3 Å². The summed E-state index contributed by atoms with van der Waals surface area (Å²) in [6.07, 6.45) is -5.62. The van der Waals surface area contributed by atoms with E-state index in [4.69, 9.17) is 21.1 Å². The molecule has 14 heteroatoms. The lowest BCUT2D eigenvalue weighted by molar-refractivity contribution is -0.140. The lowest BCUT2D eigenvalue weighted by Gasteiger charge is -2.39. The Balaban J connectivity index is 1.70. The highest BCUT2D eigenvalue weighted by molar-refractivity contribution is 6.30. The number of carbonyl (C=O) groups excluding carboxylic acids is 3. The van der Waals surface area contributed by atoms with E-state index in [1.165, 1.54) is 12.1 Å². The van der Waals surface area contributed by atoms with Crippen LogP contribution >= 0.6 is 11.6 Å². The van der Waals surface area contributed by atoms with Crippen molar-refractivity contribution in [2.75, 3.05) is 18.5 Å². The number of hydrogen-bond acceptors (Lipinski definition) is 5. The summed E-state index contributed by atoms with van der Waals surface area (Å²) in [4.78, 5) is 39.5. The van der Waals surface area contributed by atoms with Crippen LogP contribution in [-0.2, 0) is 20.5 Å². The number of alkyl halides is 3. The van der Waals surface area contributed by atoms with Gasteiger partial charge < -0.3 is 20.1 Å². The largest absolute Gasteiger partial charge is 0.484 e. The van der Waals surface area contributed by atoms with Crippen molar-refractivity contribution in [3.8, 4) is 5.75 Å². The lowest BCUT2D eigenvalue weighted by Crippen LogP contribution is -2.58. The Kier molecular flexibility index (Phi) is 9.49. The number of benzene rings is 2. The summed E-state index contributed by atoms with van der Waals surface area (Å²) in [6.45, 7) is 4.19. The second-order valence-corrected chi connectivity index (χ2v) is 10.4. The Morgan fingerprint density at radius 2 is 1.73 bits per heavy atom. The Labute approximate surface area is 231 Å². The first-order valence-corrected chi connectivity index (χ1v) is 12.5. The first-order valence-electron chi connectivity index (χ1n) is 12.1. The third-order valence-electron chi connectivity index (χ3n) is 5.68. The Bertz CT molecular complexity index is 1270. The predicted molar refractivity (Wildman–Crippen MR) is 135 cm³/mol. The number of likely N-dealkylation sites (tertiary alicyclic amines) is 1. The summed E-state index contributed by atoms with van der Waals surface area (Å²) in [7, 11) is 0. The zero-order valence-electron chi connectivity index (χ0n) is 21.7. The molecule has 0 spiro atoms. The number of nitrogens with one attached hydrogen (secondary N) is 2. The molecule has 2 aromatic carbocycles. The Hall–Kier alpha value is -3.61. The number of rotatable bonds is 6. The molecule has 0 aliphatic carbocycles. The van der Waals surface area contributed by atoms with Crippen molar-refractivity contribution in [3.05, 3.63) is 58.6 Å². The number of piperidine rings is 1. The molecule has 2 N–H and O–H groups in total. The van der Waals surface area contributed by atoms with Gasteiger partial charge in [0.1, 0.15) is 29.0 Å². The fourth-order valence-corrected chi connectivity index (χ4v) is 4.03. The predicted octanol–water partition coefficient (Wildman–Crippen LogP) is 5.54. The zero-order valence-corrected chi connectivity index (χ0v) is 22.5.